The number of pyridine rings is 1. The van der Waals surface area contributed by atoms with Gasteiger partial charge in [-0.05, 0) is 71.8 Å². The molecular weight excluding hydrogens is 683 g/mol. The fraction of sp³-hybridized carbons (Fsp3) is 0. The molecule has 5 nitrogen and oxygen atoms in total. The summed E-state index contributed by atoms with van der Waals surface area (Å²) in [6.45, 7) is 0. The highest BCUT2D eigenvalue weighted by atomic mass is 15.1. The Bertz CT molecular complexity index is 3220. The molecule has 0 aliphatic heterocycles. The molecule has 5 heteroatoms. The summed E-state index contributed by atoms with van der Waals surface area (Å²) in [7, 11) is 0. The molecule has 0 atom stereocenters. The number of benzene rings is 7. The third-order valence-corrected chi connectivity index (χ3v) is 10.8. The van der Waals surface area contributed by atoms with Crippen molar-refractivity contribution in [1.29, 1.82) is 0 Å². The highest BCUT2D eigenvalue weighted by Crippen LogP contribution is 2.41. The van der Waals surface area contributed by atoms with Crippen molar-refractivity contribution in [2.75, 3.05) is 0 Å². The van der Waals surface area contributed by atoms with Crippen LogP contribution in [0.25, 0.3) is 100 Å². The molecule has 4 aromatic heterocycles. The van der Waals surface area contributed by atoms with Gasteiger partial charge in [0, 0.05) is 56.3 Å². The number of rotatable bonds is 6. The first-order valence-corrected chi connectivity index (χ1v) is 18.9. The van der Waals surface area contributed by atoms with Gasteiger partial charge in [0.2, 0.25) is 0 Å². The van der Waals surface area contributed by atoms with E-state index in [-0.39, 0.29) is 0 Å². The molecular formula is C51H33N5. The van der Waals surface area contributed by atoms with Crippen LogP contribution >= 0.6 is 0 Å². The maximum Gasteiger partial charge on any atom is 0.165 e. The van der Waals surface area contributed by atoms with Gasteiger partial charge in [-0.15, -0.1) is 0 Å². The zero-order valence-corrected chi connectivity index (χ0v) is 30.3. The van der Waals surface area contributed by atoms with Crippen molar-refractivity contribution in [3.8, 4) is 56.4 Å². The summed E-state index contributed by atoms with van der Waals surface area (Å²) < 4.78 is 4.65. The van der Waals surface area contributed by atoms with Crippen LogP contribution in [0.2, 0.25) is 0 Å². The first-order chi connectivity index (χ1) is 27.8. The first kappa shape index (κ1) is 31.9. The highest BCUT2D eigenvalue weighted by molar-refractivity contribution is 6.13. The number of hydrogen-bond acceptors (Lipinski definition) is 3. The molecule has 4 heterocycles. The Balaban J connectivity index is 1.15. The topological polar surface area (TPSA) is 48.5 Å². The lowest BCUT2D eigenvalue weighted by molar-refractivity contribution is 1.05. The van der Waals surface area contributed by atoms with E-state index in [4.69, 9.17) is 9.97 Å². The lowest BCUT2D eigenvalue weighted by Gasteiger charge is -2.17. The fourth-order valence-electron chi connectivity index (χ4n) is 8.27. The van der Waals surface area contributed by atoms with Gasteiger partial charge in [-0.1, -0.05) is 127 Å². The zero-order chi connectivity index (χ0) is 37.0. The highest BCUT2D eigenvalue weighted by Gasteiger charge is 2.23. The van der Waals surface area contributed by atoms with E-state index in [0.29, 0.717) is 0 Å². The van der Waals surface area contributed by atoms with Crippen molar-refractivity contribution >= 4 is 43.6 Å². The molecule has 0 aliphatic carbocycles. The quantitative estimate of drug-likeness (QED) is 0.172. The molecule has 0 unspecified atom stereocenters. The minimum atomic E-state index is 0.767. The van der Waals surface area contributed by atoms with Gasteiger partial charge in [-0.25, -0.2) is 9.97 Å². The maximum absolute atomic E-state index is 5.59. The summed E-state index contributed by atoms with van der Waals surface area (Å²) >= 11 is 0. The van der Waals surface area contributed by atoms with Crippen LogP contribution in [0.5, 0.6) is 0 Å². The van der Waals surface area contributed by atoms with Crippen LogP contribution < -0.4 is 0 Å². The van der Waals surface area contributed by atoms with Crippen molar-refractivity contribution in [2.45, 2.75) is 0 Å². The van der Waals surface area contributed by atoms with E-state index in [1.807, 2.05) is 36.7 Å². The predicted molar refractivity (Wildman–Crippen MR) is 230 cm³/mol. The van der Waals surface area contributed by atoms with Crippen LogP contribution in [0.3, 0.4) is 0 Å². The summed E-state index contributed by atoms with van der Waals surface area (Å²) in [4.78, 5) is 15.4. The van der Waals surface area contributed by atoms with Gasteiger partial charge in [-0.2, -0.15) is 0 Å². The molecule has 0 saturated heterocycles. The molecule has 7 aromatic carbocycles. The van der Waals surface area contributed by atoms with E-state index in [0.717, 1.165) is 72.6 Å². The van der Waals surface area contributed by atoms with Gasteiger partial charge in [-0.3, -0.25) is 9.55 Å². The minimum Gasteiger partial charge on any atom is -0.309 e. The average Bonchev–Trinajstić information content (AvgIpc) is 3.79. The van der Waals surface area contributed by atoms with Crippen LogP contribution in [0.1, 0.15) is 0 Å². The summed E-state index contributed by atoms with van der Waals surface area (Å²) in [5.74, 6) is 0.767. The van der Waals surface area contributed by atoms with Gasteiger partial charge < -0.3 is 4.57 Å². The third kappa shape index (κ3) is 5.13. The Hall–Kier alpha value is -7.63. The summed E-state index contributed by atoms with van der Waals surface area (Å²) in [5.41, 5.74) is 13.4. The molecule has 0 saturated carbocycles. The van der Waals surface area contributed by atoms with Gasteiger partial charge >= 0.3 is 0 Å². The van der Waals surface area contributed by atoms with Crippen LogP contribution in [0, 0.1) is 0 Å². The van der Waals surface area contributed by atoms with Gasteiger partial charge in [0.05, 0.1) is 33.5 Å². The van der Waals surface area contributed by atoms with Crippen molar-refractivity contribution in [1.82, 2.24) is 24.1 Å². The Morgan fingerprint density at radius 1 is 0.304 bits per heavy atom. The lowest BCUT2D eigenvalue weighted by atomic mass is 10.0. The van der Waals surface area contributed by atoms with E-state index >= 15 is 0 Å². The number of fused-ring (bicyclic) bond motifs is 6. The number of nitrogens with zero attached hydrogens (tertiary/aromatic N) is 5. The summed E-state index contributed by atoms with van der Waals surface area (Å²) in [5, 5.41) is 4.78. The van der Waals surface area contributed by atoms with Gasteiger partial charge in [0.15, 0.2) is 5.82 Å². The van der Waals surface area contributed by atoms with Crippen LogP contribution in [0.4, 0.5) is 0 Å². The Kier molecular flexibility index (Phi) is 7.42. The van der Waals surface area contributed by atoms with Crippen LogP contribution in [-0.4, -0.2) is 24.1 Å². The monoisotopic (exact) mass is 715 g/mol. The number of para-hydroxylation sites is 3. The molecule has 0 aliphatic rings. The fourth-order valence-corrected chi connectivity index (χ4v) is 8.27. The van der Waals surface area contributed by atoms with E-state index < -0.39 is 0 Å². The third-order valence-electron chi connectivity index (χ3n) is 10.8. The van der Waals surface area contributed by atoms with E-state index in [2.05, 4.69) is 178 Å². The molecule has 0 amide bonds. The first-order valence-electron chi connectivity index (χ1n) is 18.9. The van der Waals surface area contributed by atoms with Gasteiger partial charge in [0.1, 0.15) is 5.69 Å². The molecule has 0 fully saturated rings. The van der Waals surface area contributed by atoms with Gasteiger partial charge in [0.25, 0.3) is 0 Å². The minimum absolute atomic E-state index is 0.767. The normalized spacial score (nSPS) is 11.6. The molecule has 11 aromatic rings. The largest absolute Gasteiger partial charge is 0.309 e. The second kappa shape index (κ2) is 13.0. The summed E-state index contributed by atoms with van der Waals surface area (Å²) in [6, 6.07) is 66.3. The smallest absolute Gasteiger partial charge is 0.165 e. The second-order valence-corrected chi connectivity index (χ2v) is 14.1. The molecule has 11 rings (SSSR count). The SMILES string of the molecule is c1ccc(-c2nc(-c3ccncc3)c(-n3c4ccccc4c4cc(-c5ccc6c(c5)c5ccccc5n6-c5ccccc5)ccc43)nc2-c2ccccc2)cc1. The summed E-state index contributed by atoms with van der Waals surface area (Å²) in [6.07, 6.45) is 3.64. The Morgan fingerprint density at radius 3 is 1.34 bits per heavy atom. The standard InChI is InChI=1S/C51H33N5/c1-4-14-34(15-5-1)48-49(35-16-6-2-7-17-35)54-51(50(53-48)36-28-30-52-31-29-36)56-45-23-13-11-21-41(45)43-33-38(25-27-47(43)56)37-24-26-46-42(32-37)40-20-10-12-22-44(40)55(46)39-18-8-3-9-19-39/h1-33H. The predicted octanol–water partition coefficient (Wildman–Crippen LogP) is 12.7. The van der Waals surface area contributed by atoms with Crippen molar-refractivity contribution < 1.29 is 0 Å². The Labute approximate surface area is 323 Å². The molecule has 0 N–H and O–H groups in total. The van der Waals surface area contributed by atoms with Crippen molar-refractivity contribution in [2.24, 2.45) is 0 Å². The Morgan fingerprint density at radius 2 is 0.750 bits per heavy atom. The van der Waals surface area contributed by atoms with E-state index in [9.17, 15) is 0 Å². The zero-order valence-electron chi connectivity index (χ0n) is 30.3. The van der Waals surface area contributed by atoms with E-state index in [1.165, 1.54) is 27.4 Å². The molecule has 56 heavy (non-hydrogen) atoms. The maximum atomic E-state index is 5.59. The molecule has 262 valence electrons. The average molecular weight is 716 g/mol. The van der Waals surface area contributed by atoms with Crippen LogP contribution in [0.15, 0.2) is 200 Å². The van der Waals surface area contributed by atoms with Crippen LogP contribution in [-0.2, 0) is 0 Å². The molecule has 0 spiro atoms. The number of hydrogen-bond donors (Lipinski definition) is 0. The van der Waals surface area contributed by atoms with E-state index in [1.54, 1.807) is 0 Å². The van der Waals surface area contributed by atoms with Crippen molar-refractivity contribution in [3.05, 3.63) is 200 Å². The lowest BCUT2D eigenvalue weighted by Crippen LogP contribution is -2.06. The molecule has 0 bridgehead atoms. The second-order valence-electron chi connectivity index (χ2n) is 14.1. The molecule has 0 radical (unpaired) electrons. The number of aromatic nitrogens is 5. The van der Waals surface area contributed by atoms with Crippen molar-refractivity contribution in [3.63, 3.8) is 0 Å².